The number of halogens is 2. The Morgan fingerprint density at radius 3 is 2.62 bits per heavy atom. The molecule has 0 spiro atoms. The summed E-state index contributed by atoms with van der Waals surface area (Å²) in [5, 5.41) is 11.6. The minimum atomic E-state index is -0.660. The molecular weight excluding hydrogens is 355 g/mol. The van der Waals surface area contributed by atoms with Crippen molar-refractivity contribution in [2.24, 2.45) is 4.99 Å². The minimum Gasteiger partial charge on any atom is -0.402 e. The number of hydrogen-bond donors (Lipinski definition) is 0. The number of hydrogen-bond acceptors (Lipinski definition) is 5. The summed E-state index contributed by atoms with van der Waals surface area (Å²) < 4.78 is 5.08. The third-order valence-electron chi connectivity index (χ3n) is 3.11. The summed E-state index contributed by atoms with van der Waals surface area (Å²) in [6, 6.07) is 10.7. The third kappa shape index (κ3) is 3.45. The van der Waals surface area contributed by atoms with Gasteiger partial charge in [0.05, 0.1) is 4.92 Å². The average molecular weight is 363 g/mol. The lowest BCUT2D eigenvalue weighted by molar-refractivity contribution is -0.384. The molecule has 0 aliphatic carbocycles. The van der Waals surface area contributed by atoms with Crippen molar-refractivity contribution in [1.82, 2.24) is 0 Å². The van der Waals surface area contributed by atoms with Gasteiger partial charge in [-0.15, -0.1) is 0 Å². The molecule has 6 nitrogen and oxygen atoms in total. The SMILES string of the molecule is O=C1OC(c2cc(Cl)cc([N+](=O)[O-])c2)=N/C1=C/c1cccc(Cl)c1. The van der Waals surface area contributed by atoms with Gasteiger partial charge in [-0.05, 0) is 29.8 Å². The van der Waals surface area contributed by atoms with Crippen LogP contribution >= 0.6 is 23.2 Å². The number of esters is 1. The molecule has 0 unspecified atom stereocenters. The van der Waals surface area contributed by atoms with Crippen molar-refractivity contribution >= 4 is 46.8 Å². The summed E-state index contributed by atoms with van der Waals surface area (Å²) in [5.74, 6) is -0.702. The maximum atomic E-state index is 11.9. The van der Waals surface area contributed by atoms with E-state index in [1.807, 2.05) is 0 Å². The number of non-ortho nitro benzene ring substituents is 1. The van der Waals surface area contributed by atoms with E-state index in [4.69, 9.17) is 27.9 Å². The van der Waals surface area contributed by atoms with Crippen LogP contribution < -0.4 is 0 Å². The van der Waals surface area contributed by atoms with Crippen molar-refractivity contribution in [3.05, 3.63) is 79.4 Å². The minimum absolute atomic E-state index is 0.0427. The quantitative estimate of drug-likeness (QED) is 0.353. The van der Waals surface area contributed by atoms with Crippen LogP contribution in [0, 0.1) is 10.1 Å². The molecule has 1 aliphatic rings. The van der Waals surface area contributed by atoms with Crippen molar-refractivity contribution in [3.63, 3.8) is 0 Å². The van der Waals surface area contributed by atoms with E-state index < -0.39 is 10.9 Å². The smallest absolute Gasteiger partial charge is 0.363 e. The van der Waals surface area contributed by atoms with Gasteiger partial charge in [0, 0.05) is 27.7 Å². The Labute approximate surface area is 146 Å². The van der Waals surface area contributed by atoms with Crippen molar-refractivity contribution in [3.8, 4) is 0 Å². The van der Waals surface area contributed by atoms with Crippen molar-refractivity contribution in [2.75, 3.05) is 0 Å². The van der Waals surface area contributed by atoms with Gasteiger partial charge in [0.15, 0.2) is 5.70 Å². The third-order valence-corrected chi connectivity index (χ3v) is 3.57. The lowest BCUT2D eigenvalue weighted by atomic mass is 10.2. The number of ether oxygens (including phenoxy) is 1. The molecule has 2 aromatic carbocycles. The zero-order valence-corrected chi connectivity index (χ0v) is 13.4. The van der Waals surface area contributed by atoms with Crippen LogP contribution in [0.3, 0.4) is 0 Å². The Morgan fingerprint density at radius 2 is 1.92 bits per heavy atom. The lowest BCUT2D eigenvalue weighted by Crippen LogP contribution is -2.06. The zero-order chi connectivity index (χ0) is 17.3. The summed E-state index contributed by atoms with van der Waals surface area (Å²) >= 11 is 11.8. The molecule has 8 heteroatoms. The van der Waals surface area contributed by atoms with Crippen LogP contribution in [0.25, 0.3) is 6.08 Å². The van der Waals surface area contributed by atoms with E-state index in [2.05, 4.69) is 4.99 Å². The molecule has 0 saturated heterocycles. The molecule has 0 N–H and O–H groups in total. The normalized spacial score (nSPS) is 15.3. The van der Waals surface area contributed by atoms with E-state index in [1.54, 1.807) is 24.3 Å². The Hall–Kier alpha value is -2.70. The Balaban J connectivity index is 1.99. The summed E-state index contributed by atoms with van der Waals surface area (Å²) in [6.45, 7) is 0. The second-order valence-electron chi connectivity index (χ2n) is 4.85. The summed E-state index contributed by atoms with van der Waals surface area (Å²) in [5.41, 5.74) is 0.770. The molecule has 0 amide bonds. The Morgan fingerprint density at radius 1 is 1.12 bits per heavy atom. The maximum Gasteiger partial charge on any atom is 0.363 e. The van der Waals surface area contributed by atoms with Gasteiger partial charge in [-0.3, -0.25) is 10.1 Å². The number of carbonyl (C=O) groups is 1. The topological polar surface area (TPSA) is 81.8 Å². The predicted octanol–water partition coefficient (Wildman–Crippen LogP) is 4.25. The Bertz CT molecular complexity index is 922. The van der Waals surface area contributed by atoms with Gasteiger partial charge in [-0.2, -0.15) is 0 Å². The van der Waals surface area contributed by atoms with Crippen LogP contribution in [0.15, 0.2) is 53.2 Å². The molecule has 0 bridgehead atoms. The molecular formula is C16H8Cl2N2O4. The molecule has 120 valence electrons. The highest BCUT2D eigenvalue weighted by molar-refractivity contribution is 6.31. The summed E-state index contributed by atoms with van der Waals surface area (Å²) in [6.07, 6.45) is 1.51. The molecule has 0 aromatic heterocycles. The highest BCUT2D eigenvalue weighted by Gasteiger charge is 2.25. The second kappa shape index (κ2) is 6.43. The van der Waals surface area contributed by atoms with Crippen molar-refractivity contribution < 1.29 is 14.5 Å². The van der Waals surface area contributed by atoms with Crippen LogP contribution in [0.4, 0.5) is 5.69 Å². The average Bonchev–Trinajstić information content (AvgIpc) is 2.88. The Kier molecular flexibility index (Phi) is 4.33. The number of nitrogens with zero attached hydrogens (tertiary/aromatic N) is 2. The van der Waals surface area contributed by atoms with Crippen molar-refractivity contribution in [2.45, 2.75) is 0 Å². The fourth-order valence-corrected chi connectivity index (χ4v) is 2.52. The largest absolute Gasteiger partial charge is 0.402 e. The molecule has 1 heterocycles. The van der Waals surface area contributed by atoms with Gasteiger partial charge < -0.3 is 4.74 Å². The van der Waals surface area contributed by atoms with Crippen LogP contribution in [0.2, 0.25) is 10.0 Å². The van der Waals surface area contributed by atoms with E-state index in [9.17, 15) is 14.9 Å². The van der Waals surface area contributed by atoms with Crippen LogP contribution in [0.5, 0.6) is 0 Å². The summed E-state index contributed by atoms with van der Waals surface area (Å²) in [4.78, 5) is 26.3. The van der Waals surface area contributed by atoms with Gasteiger partial charge in [0.1, 0.15) is 0 Å². The first kappa shape index (κ1) is 16.2. The van der Waals surface area contributed by atoms with E-state index in [1.165, 1.54) is 24.3 Å². The fourth-order valence-electron chi connectivity index (χ4n) is 2.09. The van der Waals surface area contributed by atoms with E-state index in [0.29, 0.717) is 10.6 Å². The van der Waals surface area contributed by atoms with E-state index >= 15 is 0 Å². The van der Waals surface area contributed by atoms with Gasteiger partial charge in [-0.1, -0.05) is 35.3 Å². The highest BCUT2D eigenvalue weighted by Crippen LogP contribution is 2.25. The first-order valence-electron chi connectivity index (χ1n) is 6.66. The second-order valence-corrected chi connectivity index (χ2v) is 5.72. The molecule has 0 atom stereocenters. The molecule has 24 heavy (non-hydrogen) atoms. The number of rotatable bonds is 3. The lowest BCUT2D eigenvalue weighted by Gasteiger charge is -2.00. The molecule has 0 radical (unpaired) electrons. The van der Waals surface area contributed by atoms with Crippen LogP contribution in [0.1, 0.15) is 11.1 Å². The van der Waals surface area contributed by atoms with Crippen LogP contribution in [-0.4, -0.2) is 16.8 Å². The first-order valence-corrected chi connectivity index (χ1v) is 7.41. The first-order chi connectivity index (χ1) is 11.4. The monoisotopic (exact) mass is 362 g/mol. The number of carbonyl (C=O) groups excluding carboxylic acids is 1. The number of aliphatic imine (C=N–C) groups is 1. The molecule has 0 fully saturated rings. The predicted molar refractivity (Wildman–Crippen MR) is 90.2 cm³/mol. The standard InChI is InChI=1S/C16H8Cl2N2O4/c17-11-3-1-2-9(4-11)5-14-16(21)24-15(19-14)10-6-12(18)8-13(7-10)20(22)23/h1-8H/b14-5+. The summed E-state index contributed by atoms with van der Waals surface area (Å²) in [7, 11) is 0. The highest BCUT2D eigenvalue weighted by atomic mass is 35.5. The molecule has 1 aliphatic heterocycles. The zero-order valence-electron chi connectivity index (χ0n) is 11.9. The van der Waals surface area contributed by atoms with Crippen molar-refractivity contribution in [1.29, 1.82) is 0 Å². The van der Waals surface area contributed by atoms with E-state index in [-0.39, 0.29) is 27.9 Å². The molecule has 3 rings (SSSR count). The molecule has 0 saturated carbocycles. The number of nitro benzene ring substituents is 1. The van der Waals surface area contributed by atoms with Gasteiger partial charge in [-0.25, -0.2) is 9.79 Å². The fraction of sp³-hybridized carbons (Fsp3) is 0. The van der Waals surface area contributed by atoms with Gasteiger partial charge >= 0.3 is 5.97 Å². The maximum absolute atomic E-state index is 11.9. The van der Waals surface area contributed by atoms with Crippen LogP contribution in [-0.2, 0) is 9.53 Å². The number of cyclic esters (lactones) is 1. The van der Waals surface area contributed by atoms with Gasteiger partial charge in [0.25, 0.3) is 5.69 Å². The number of nitro groups is 1. The molecule has 2 aromatic rings. The van der Waals surface area contributed by atoms with Gasteiger partial charge in [0.2, 0.25) is 5.90 Å². The number of benzene rings is 2. The van der Waals surface area contributed by atoms with E-state index in [0.717, 1.165) is 0 Å².